The highest BCUT2D eigenvalue weighted by Crippen LogP contribution is 2.34. The largest absolute Gasteiger partial charge is 0.332 e. The Morgan fingerprint density at radius 3 is 2.50 bits per heavy atom. The molecule has 142 valence electrons. The van der Waals surface area contributed by atoms with E-state index in [1.807, 2.05) is 50.2 Å². The van der Waals surface area contributed by atoms with E-state index in [9.17, 15) is 13.7 Å². The molecule has 7 heteroatoms. The van der Waals surface area contributed by atoms with Crippen molar-refractivity contribution in [1.29, 1.82) is 5.26 Å². The Bertz CT molecular complexity index is 1120. The normalized spacial score (nSPS) is 16.8. The third kappa shape index (κ3) is 4.91. The number of aryl methyl sites for hydroxylation is 2. The van der Waals surface area contributed by atoms with Gasteiger partial charge in [0.2, 0.25) is 0 Å². The number of benzene rings is 2. The van der Waals surface area contributed by atoms with E-state index < -0.39 is 10.1 Å². The summed E-state index contributed by atoms with van der Waals surface area (Å²) in [6, 6.07) is 17.0. The summed E-state index contributed by atoms with van der Waals surface area (Å²) in [5, 5.41) is 13.7. The summed E-state index contributed by atoms with van der Waals surface area (Å²) in [5.41, 5.74) is 4.03. The summed E-state index contributed by atoms with van der Waals surface area (Å²) in [5.74, 6) is -0.256. The van der Waals surface area contributed by atoms with Gasteiger partial charge in [0, 0.05) is 4.91 Å². The van der Waals surface area contributed by atoms with E-state index in [0.29, 0.717) is 21.1 Å². The zero-order valence-electron chi connectivity index (χ0n) is 15.4. The van der Waals surface area contributed by atoms with Crippen LogP contribution in [0.3, 0.4) is 0 Å². The number of nitriles is 1. The molecule has 2 aromatic carbocycles. The Balaban J connectivity index is 1.74. The molecule has 0 aliphatic carbocycles. The van der Waals surface area contributed by atoms with Gasteiger partial charge in [0.1, 0.15) is 16.9 Å². The molecule has 5 nitrogen and oxygen atoms in total. The Hall–Kier alpha value is -2.82. The summed E-state index contributed by atoms with van der Waals surface area (Å²) < 4.78 is 29.1. The van der Waals surface area contributed by atoms with E-state index in [1.54, 1.807) is 24.3 Å². The molecule has 0 unspecified atom stereocenters. The Morgan fingerprint density at radius 1 is 1.11 bits per heavy atom. The molecule has 0 amide bonds. The number of nitrogens with zero attached hydrogens (tertiary/aromatic N) is 2. The van der Waals surface area contributed by atoms with Gasteiger partial charge in [0.15, 0.2) is 0 Å². The third-order valence-electron chi connectivity index (χ3n) is 4.07. The second kappa shape index (κ2) is 8.46. The van der Waals surface area contributed by atoms with Gasteiger partial charge in [-0.1, -0.05) is 71.0 Å². The second-order valence-electron chi connectivity index (χ2n) is 6.29. The standard InChI is InChI=1S/C21H18N2O3S2/c1-15-7-9-17(10-8-15)14-28(24,25)26-23-21-12-11-20(27-21)19(13-22)18-6-4-3-5-16(18)2/h3-12H,14H2,1-2H3. The van der Waals surface area contributed by atoms with Crippen molar-refractivity contribution in [2.75, 3.05) is 0 Å². The number of thioether (sulfide) groups is 1. The van der Waals surface area contributed by atoms with Crippen LogP contribution in [-0.2, 0) is 20.2 Å². The van der Waals surface area contributed by atoms with E-state index in [1.165, 1.54) is 11.8 Å². The summed E-state index contributed by atoms with van der Waals surface area (Å²) in [4.78, 5) is 0.704. The van der Waals surface area contributed by atoms with Crippen LogP contribution in [0.25, 0.3) is 5.57 Å². The number of allylic oxidation sites excluding steroid dienone is 2. The van der Waals surface area contributed by atoms with Gasteiger partial charge in [-0.3, -0.25) is 4.28 Å². The van der Waals surface area contributed by atoms with E-state index in [-0.39, 0.29) is 5.75 Å². The molecule has 0 atom stereocenters. The predicted molar refractivity (Wildman–Crippen MR) is 113 cm³/mol. The third-order valence-corrected chi connectivity index (χ3v) is 6.04. The van der Waals surface area contributed by atoms with E-state index in [4.69, 9.17) is 4.28 Å². The first-order valence-electron chi connectivity index (χ1n) is 8.49. The fourth-order valence-corrected chi connectivity index (χ4v) is 4.34. The van der Waals surface area contributed by atoms with Crippen molar-refractivity contribution in [3.63, 3.8) is 0 Å². The Labute approximate surface area is 169 Å². The molecule has 0 spiro atoms. The average Bonchev–Trinajstić information content (AvgIpc) is 3.13. The van der Waals surface area contributed by atoms with Gasteiger partial charge in [-0.05, 0) is 42.7 Å². The van der Waals surface area contributed by atoms with Crippen LogP contribution in [-0.4, -0.2) is 13.5 Å². The molecule has 0 saturated heterocycles. The molecule has 0 N–H and O–H groups in total. The number of hydrogen-bond acceptors (Lipinski definition) is 6. The number of oxime groups is 1. The summed E-state index contributed by atoms with van der Waals surface area (Å²) in [6.07, 6.45) is 3.38. The van der Waals surface area contributed by atoms with Gasteiger partial charge < -0.3 is 0 Å². The molecule has 1 aliphatic rings. The zero-order valence-corrected chi connectivity index (χ0v) is 17.0. The molecule has 0 fully saturated rings. The van der Waals surface area contributed by atoms with Crippen molar-refractivity contribution in [2.24, 2.45) is 5.16 Å². The van der Waals surface area contributed by atoms with Crippen LogP contribution in [0.2, 0.25) is 0 Å². The molecule has 28 heavy (non-hydrogen) atoms. The summed E-state index contributed by atoms with van der Waals surface area (Å²) in [6.45, 7) is 3.87. The van der Waals surface area contributed by atoms with E-state index in [2.05, 4.69) is 11.2 Å². The van der Waals surface area contributed by atoms with Crippen molar-refractivity contribution in [3.05, 3.63) is 87.8 Å². The van der Waals surface area contributed by atoms with Gasteiger partial charge in [-0.25, -0.2) is 0 Å². The van der Waals surface area contributed by atoms with Crippen molar-refractivity contribution in [3.8, 4) is 6.07 Å². The summed E-state index contributed by atoms with van der Waals surface area (Å²) in [7, 11) is -3.85. The lowest BCUT2D eigenvalue weighted by Crippen LogP contribution is -2.06. The van der Waals surface area contributed by atoms with Crippen LogP contribution in [0.5, 0.6) is 0 Å². The SMILES string of the molecule is Cc1ccc(CS(=O)(=O)ON=C2C=CC(=C(C#N)c3ccccc3C)S2)cc1. The first-order valence-corrected chi connectivity index (χ1v) is 10.9. The topological polar surface area (TPSA) is 79.5 Å². The van der Waals surface area contributed by atoms with Crippen molar-refractivity contribution in [2.45, 2.75) is 19.6 Å². The zero-order chi connectivity index (χ0) is 20.1. The maximum atomic E-state index is 12.2. The van der Waals surface area contributed by atoms with E-state index >= 15 is 0 Å². The second-order valence-corrected chi connectivity index (χ2v) is 8.91. The lowest BCUT2D eigenvalue weighted by Gasteiger charge is -2.06. The molecule has 0 bridgehead atoms. The first kappa shape index (κ1) is 19.9. The van der Waals surface area contributed by atoms with Crippen LogP contribution in [0.4, 0.5) is 0 Å². The fourth-order valence-electron chi connectivity index (χ4n) is 2.62. The van der Waals surface area contributed by atoms with Gasteiger partial charge in [-0.15, -0.1) is 0 Å². The molecular weight excluding hydrogens is 392 g/mol. The average molecular weight is 411 g/mol. The predicted octanol–water partition coefficient (Wildman–Crippen LogP) is 4.70. The minimum Gasteiger partial charge on any atom is -0.267 e. The molecule has 1 heterocycles. The monoisotopic (exact) mass is 410 g/mol. The van der Waals surface area contributed by atoms with Crippen LogP contribution < -0.4 is 0 Å². The minimum absolute atomic E-state index is 0.256. The van der Waals surface area contributed by atoms with Crippen LogP contribution >= 0.6 is 11.8 Å². The highest BCUT2D eigenvalue weighted by atomic mass is 32.2. The van der Waals surface area contributed by atoms with Crippen LogP contribution in [0.1, 0.15) is 22.3 Å². The highest BCUT2D eigenvalue weighted by molar-refractivity contribution is 8.18. The molecule has 1 aliphatic heterocycles. The molecular formula is C21H18N2O3S2. The molecule has 2 aromatic rings. The quantitative estimate of drug-likeness (QED) is 0.527. The fraction of sp³-hybridized carbons (Fsp3) is 0.143. The van der Waals surface area contributed by atoms with Crippen LogP contribution in [0.15, 0.2) is 70.7 Å². The molecule has 3 rings (SSSR count). The lowest BCUT2D eigenvalue weighted by atomic mass is 10.0. The maximum absolute atomic E-state index is 12.2. The minimum atomic E-state index is -3.85. The molecule has 0 radical (unpaired) electrons. The maximum Gasteiger partial charge on any atom is 0.332 e. The van der Waals surface area contributed by atoms with Gasteiger partial charge >= 0.3 is 10.1 Å². The Morgan fingerprint density at radius 2 is 1.82 bits per heavy atom. The lowest BCUT2D eigenvalue weighted by molar-refractivity contribution is 0.340. The number of hydrogen-bond donors (Lipinski definition) is 0. The first-order chi connectivity index (χ1) is 13.4. The summed E-state index contributed by atoms with van der Waals surface area (Å²) >= 11 is 1.20. The van der Waals surface area contributed by atoms with Crippen molar-refractivity contribution >= 4 is 32.5 Å². The smallest absolute Gasteiger partial charge is 0.267 e. The Kier molecular flexibility index (Phi) is 6.02. The van der Waals surface area contributed by atoms with Gasteiger partial charge in [-0.2, -0.15) is 13.7 Å². The van der Waals surface area contributed by atoms with Crippen molar-refractivity contribution in [1.82, 2.24) is 0 Å². The van der Waals surface area contributed by atoms with Gasteiger partial charge in [0.05, 0.1) is 5.57 Å². The van der Waals surface area contributed by atoms with Gasteiger partial charge in [0.25, 0.3) is 0 Å². The number of rotatable bonds is 5. The highest BCUT2D eigenvalue weighted by Gasteiger charge is 2.18. The molecule has 0 aromatic heterocycles. The van der Waals surface area contributed by atoms with Crippen molar-refractivity contribution < 1.29 is 12.7 Å². The molecule has 0 saturated carbocycles. The van der Waals surface area contributed by atoms with E-state index in [0.717, 1.165) is 16.7 Å². The van der Waals surface area contributed by atoms with Crippen LogP contribution in [0, 0.1) is 25.2 Å².